The van der Waals surface area contributed by atoms with Gasteiger partial charge in [0.15, 0.2) is 6.54 Å². The van der Waals surface area contributed by atoms with Gasteiger partial charge >= 0.3 is 5.97 Å². The third-order valence-corrected chi connectivity index (χ3v) is 4.18. The Morgan fingerprint density at radius 3 is 2.50 bits per heavy atom. The Morgan fingerprint density at radius 1 is 1.25 bits per heavy atom. The molecule has 0 spiro atoms. The van der Waals surface area contributed by atoms with Crippen molar-refractivity contribution in [1.82, 2.24) is 0 Å². The van der Waals surface area contributed by atoms with Gasteiger partial charge in [0.25, 0.3) is 5.91 Å². The molecule has 0 atom stereocenters. The third-order valence-electron chi connectivity index (χ3n) is 4.18. The number of rotatable bonds is 5. The summed E-state index contributed by atoms with van der Waals surface area (Å²) in [6.45, 7) is 4.30. The summed E-state index contributed by atoms with van der Waals surface area (Å²) in [6, 6.07) is 4.22. The molecule has 1 N–H and O–H groups in total. The number of nitrogens with zero attached hydrogens (tertiary/aromatic N) is 1. The molecule has 0 aliphatic carbocycles. The highest BCUT2D eigenvalue weighted by Gasteiger charge is 2.27. The van der Waals surface area contributed by atoms with Gasteiger partial charge in [-0.25, -0.2) is 4.79 Å². The van der Waals surface area contributed by atoms with E-state index in [1.807, 2.05) is 0 Å². The highest BCUT2D eigenvalue weighted by molar-refractivity contribution is 14.0. The normalized spacial score (nSPS) is 15.9. The van der Waals surface area contributed by atoms with E-state index in [1.54, 1.807) is 13.0 Å². The molecule has 0 aromatic heterocycles. The number of piperidine rings is 1. The van der Waals surface area contributed by atoms with Crippen LogP contribution in [-0.4, -0.2) is 49.6 Å². The molecule has 1 aromatic carbocycles. The number of anilines is 1. The van der Waals surface area contributed by atoms with Gasteiger partial charge < -0.3 is 19.6 Å². The fraction of sp³-hybridized carbons (Fsp3) is 0.529. The van der Waals surface area contributed by atoms with Crippen LogP contribution in [0, 0.1) is 0 Å². The lowest BCUT2D eigenvalue weighted by molar-refractivity contribution is -0.906. The predicted molar refractivity (Wildman–Crippen MR) is 101 cm³/mol. The number of esters is 1. The summed E-state index contributed by atoms with van der Waals surface area (Å²) in [5.41, 5.74) is 0.400. The molecule has 1 heterocycles. The van der Waals surface area contributed by atoms with Crippen molar-refractivity contribution in [3.05, 3.63) is 23.8 Å². The van der Waals surface area contributed by atoms with Crippen LogP contribution < -0.4 is 10.4 Å². The van der Waals surface area contributed by atoms with Crippen LogP contribution in [-0.2, 0) is 9.53 Å². The van der Waals surface area contributed by atoms with Crippen LogP contribution in [0.4, 0.5) is 5.69 Å². The number of carbonyl (C=O) groups excluding carboxylic acids is 2. The third kappa shape index (κ3) is 5.62. The monoisotopic (exact) mass is 448 g/mol. The molecule has 7 heteroatoms. The van der Waals surface area contributed by atoms with Gasteiger partial charge in [-0.3, -0.25) is 4.79 Å². The lowest BCUT2D eigenvalue weighted by Crippen LogP contribution is -2.51. The lowest BCUT2D eigenvalue weighted by Gasteiger charge is -2.37. The van der Waals surface area contributed by atoms with Crippen LogP contribution in [0.1, 0.15) is 36.5 Å². The van der Waals surface area contributed by atoms with E-state index in [-0.39, 0.29) is 42.1 Å². The van der Waals surface area contributed by atoms with Crippen LogP contribution in [0.2, 0.25) is 0 Å². The molecule has 1 aromatic rings. The highest BCUT2D eigenvalue weighted by Crippen LogP contribution is 2.21. The number of quaternary nitrogens is 1. The van der Waals surface area contributed by atoms with E-state index < -0.39 is 11.7 Å². The van der Waals surface area contributed by atoms with Gasteiger partial charge in [0.1, 0.15) is 0 Å². The van der Waals surface area contributed by atoms with Crippen molar-refractivity contribution in [2.45, 2.75) is 26.2 Å². The van der Waals surface area contributed by atoms with E-state index in [2.05, 4.69) is 12.4 Å². The minimum atomic E-state index is -0.637. The molecule has 6 nitrogen and oxygen atoms in total. The molecule has 0 unspecified atom stereocenters. The maximum absolute atomic E-state index is 12.2. The summed E-state index contributed by atoms with van der Waals surface area (Å²) in [5, 5.41) is 14.7. The second-order valence-electron chi connectivity index (χ2n) is 6.27. The second kappa shape index (κ2) is 9.22. The Balaban J connectivity index is 0.00000288. The van der Waals surface area contributed by atoms with Gasteiger partial charge in [-0.1, -0.05) is 5.75 Å². The van der Waals surface area contributed by atoms with Gasteiger partial charge in [0.05, 0.1) is 32.3 Å². The fourth-order valence-corrected chi connectivity index (χ4v) is 2.96. The van der Waals surface area contributed by atoms with Gasteiger partial charge in [0, 0.05) is 5.69 Å². The molecule has 24 heavy (non-hydrogen) atoms. The van der Waals surface area contributed by atoms with Crippen molar-refractivity contribution < 1.29 is 23.9 Å². The maximum Gasteiger partial charge on any atom is 0.337 e. The van der Waals surface area contributed by atoms with Gasteiger partial charge in [-0.2, -0.15) is 0 Å². The molecule has 0 radical (unpaired) electrons. The van der Waals surface area contributed by atoms with Crippen molar-refractivity contribution in [3.8, 4) is 5.75 Å². The minimum absolute atomic E-state index is 0. The minimum Gasteiger partial charge on any atom is -0.872 e. The van der Waals surface area contributed by atoms with E-state index in [4.69, 9.17) is 4.74 Å². The Morgan fingerprint density at radius 2 is 1.92 bits per heavy atom. The number of amides is 1. The molecule has 0 bridgehead atoms. The molecule has 1 fully saturated rings. The van der Waals surface area contributed by atoms with E-state index >= 15 is 0 Å². The number of carbonyl (C=O) groups is 2. The van der Waals surface area contributed by atoms with Gasteiger partial charge in [-0.15, -0.1) is 24.0 Å². The molecule has 0 saturated carbocycles. The van der Waals surface area contributed by atoms with Gasteiger partial charge in [0.2, 0.25) is 0 Å². The SMILES string of the molecule is CCOC(=O)c1ccc(NC(=O)C[N+]2(C)CCCCC2)cc1[O-].I. The molecular formula is C17H25IN2O4. The maximum atomic E-state index is 12.2. The average Bonchev–Trinajstić information content (AvgIpc) is 2.47. The largest absolute Gasteiger partial charge is 0.872 e. The number of hydrogen-bond donors (Lipinski definition) is 1. The molecule has 1 amide bonds. The number of benzene rings is 1. The summed E-state index contributed by atoms with van der Waals surface area (Å²) in [4.78, 5) is 23.8. The molecule has 2 rings (SSSR count). The first-order valence-corrected chi connectivity index (χ1v) is 8.05. The fourth-order valence-electron chi connectivity index (χ4n) is 2.96. The number of halogens is 1. The van der Waals surface area contributed by atoms with Crippen molar-refractivity contribution in [2.75, 3.05) is 38.6 Å². The number of likely N-dealkylation sites (N-methyl/N-ethyl adjacent to an activating group) is 1. The van der Waals surface area contributed by atoms with Crippen LogP contribution in [0.5, 0.6) is 5.75 Å². The lowest BCUT2D eigenvalue weighted by atomic mass is 10.1. The van der Waals surface area contributed by atoms with Crippen LogP contribution in [0.3, 0.4) is 0 Å². The molecule has 1 aliphatic heterocycles. The summed E-state index contributed by atoms with van der Waals surface area (Å²) in [5.74, 6) is -1.20. The van der Waals surface area contributed by atoms with Crippen molar-refractivity contribution in [2.24, 2.45) is 0 Å². The zero-order valence-corrected chi connectivity index (χ0v) is 16.5. The van der Waals surface area contributed by atoms with Crippen molar-refractivity contribution >= 4 is 41.5 Å². The Labute approximate surface area is 159 Å². The molecule has 134 valence electrons. The summed E-state index contributed by atoms with van der Waals surface area (Å²) >= 11 is 0. The van der Waals surface area contributed by atoms with Crippen molar-refractivity contribution in [1.29, 1.82) is 0 Å². The Hall–Kier alpha value is -1.35. The Bertz CT molecular complexity index is 586. The first kappa shape index (κ1) is 20.7. The van der Waals surface area contributed by atoms with Crippen molar-refractivity contribution in [3.63, 3.8) is 0 Å². The first-order chi connectivity index (χ1) is 10.9. The van der Waals surface area contributed by atoms with E-state index in [9.17, 15) is 14.7 Å². The molecular weight excluding hydrogens is 423 g/mol. The zero-order valence-electron chi connectivity index (χ0n) is 14.2. The smallest absolute Gasteiger partial charge is 0.337 e. The van der Waals surface area contributed by atoms with Crippen LogP contribution >= 0.6 is 24.0 Å². The summed E-state index contributed by atoms with van der Waals surface area (Å²) < 4.78 is 5.55. The second-order valence-corrected chi connectivity index (χ2v) is 6.27. The summed E-state index contributed by atoms with van der Waals surface area (Å²) in [6.07, 6.45) is 3.51. The number of ether oxygens (including phenoxy) is 1. The average molecular weight is 448 g/mol. The number of hydrogen-bond acceptors (Lipinski definition) is 4. The van der Waals surface area contributed by atoms with Crippen LogP contribution in [0.25, 0.3) is 0 Å². The summed E-state index contributed by atoms with van der Waals surface area (Å²) in [7, 11) is 2.08. The standard InChI is InChI=1S/C17H24N2O4.HI/c1-3-23-17(22)14-8-7-13(11-15(14)20)18-16(21)12-19(2)9-5-4-6-10-19;/h7-8,11H,3-6,9-10,12H2,1-2H3,(H-,18,20,21,22);1H. The van der Waals surface area contributed by atoms with Gasteiger partial charge in [-0.05, 0) is 44.4 Å². The van der Waals surface area contributed by atoms with E-state index in [0.29, 0.717) is 12.2 Å². The Kier molecular flexibility index (Phi) is 7.95. The zero-order chi connectivity index (χ0) is 16.9. The quantitative estimate of drug-likeness (QED) is 0.426. The van der Waals surface area contributed by atoms with E-state index in [0.717, 1.165) is 30.4 Å². The molecule has 1 aliphatic rings. The highest BCUT2D eigenvalue weighted by atomic mass is 127. The van der Waals surface area contributed by atoms with Crippen LogP contribution in [0.15, 0.2) is 18.2 Å². The number of nitrogens with one attached hydrogen (secondary N) is 1. The molecule has 1 saturated heterocycles. The van der Waals surface area contributed by atoms with E-state index in [1.165, 1.54) is 18.6 Å². The number of likely N-dealkylation sites (tertiary alicyclic amines) is 1. The predicted octanol–water partition coefficient (Wildman–Crippen LogP) is 2.12. The first-order valence-electron chi connectivity index (χ1n) is 8.05. The topological polar surface area (TPSA) is 78.5 Å².